The summed E-state index contributed by atoms with van der Waals surface area (Å²) in [5.74, 6) is -3.28. The molecule has 1 amide bonds. The Hall–Kier alpha value is -5.44. The number of benzene rings is 4. The second kappa shape index (κ2) is 9.31. The van der Waals surface area contributed by atoms with Gasteiger partial charge in [0.1, 0.15) is 17.3 Å². The fourth-order valence-corrected chi connectivity index (χ4v) is 6.86. The van der Waals surface area contributed by atoms with E-state index in [4.69, 9.17) is 0 Å². The molecule has 0 aliphatic carbocycles. The highest BCUT2D eigenvalue weighted by atomic mass is 19.1. The van der Waals surface area contributed by atoms with Crippen LogP contribution >= 0.6 is 0 Å². The number of anilines is 2. The Morgan fingerprint density at radius 2 is 1.62 bits per heavy atom. The lowest BCUT2D eigenvalue weighted by Crippen LogP contribution is -2.51. The largest absolute Gasteiger partial charge is 0.352 e. The van der Waals surface area contributed by atoms with Crippen LogP contribution in [0.15, 0.2) is 103 Å². The molecule has 4 aromatic carbocycles. The smallest absolute Gasteiger partial charge is 0.270 e. The average molecular weight is 560 g/mol. The molecule has 3 aliphatic heterocycles. The van der Waals surface area contributed by atoms with Gasteiger partial charge >= 0.3 is 0 Å². The minimum absolute atomic E-state index is 0.0423. The third kappa shape index (κ3) is 3.49. The summed E-state index contributed by atoms with van der Waals surface area (Å²) < 4.78 is 13.9. The second-order valence-corrected chi connectivity index (χ2v) is 10.6. The topological polar surface area (TPSA) is 110 Å². The monoisotopic (exact) mass is 559 g/mol. The van der Waals surface area contributed by atoms with Gasteiger partial charge in [0.2, 0.25) is 5.91 Å². The zero-order valence-electron chi connectivity index (χ0n) is 21.9. The number of hydrogen-bond acceptors (Lipinski definition) is 6. The first kappa shape index (κ1) is 25.5. The number of halogens is 1. The van der Waals surface area contributed by atoms with Crippen LogP contribution in [-0.4, -0.2) is 34.5 Å². The molecule has 4 atom stereocenters. The molecule has 9 heteroatoms. The van der Waals surface area contributed by atoms with Crippen molar-refractivity contribution in [2.75, 3.05) is 10.2 Å². The van der Waals surface area contributed by atoms with Crippen LogP contribution in [0.5, 0.6) is 0 Å². The number of Topliss-reactive ketones (excluding diaryl/α,β-unsaturated/α-hetero) is 2. The molecular formula is C33H22FN3O5. The number of nitrogens with zero attached hydrogens (tertiary/aromatic N) is 2. The summed E-state index contributed by atoms with van der Waals surface area (Å²) in [6, 6.07) is 22.9. The van der Waals surface area contributed by atoms with Gasteiger partial charge < -0.3 is 10.2 Å². The third-order valence-corrected chi connectivity index (χ3v) is 8.56. The van der Waals surface area contributed by atoms with Crippen molar-refractivity contribution in [3.05, 3.63) is 141 Å². The molecule has 3 heterocycles. The number of nitrogens with one attached hydrogen (secondary N) is 1. The number of amides is 1. The number of carbonyl (C=O) groups is 3. The molecule has 0 saturated carbocycles. The second-order valence-electron chi connectivity index (χ2n) is 10.6. The van der Waals surface area contributed by atoms with E-state index in [1.165, 1.54) is 36.4 Å². The van der Waals surface area contributed by atoms with E-state index in [2.05, 4.69) is 5.32 Å². The molecule has 42 heavy (non-hydrogen) atoms. The van der Waals surface area contributed by atoms with E-state index in [-0.39, 0.29) is 16.8 Å². The lowest BCUT2D eigenvalue weighted by Gasteiger charge is -2.37. The van der Waals surface area contributed by atoms with E-state index >= 15 is 0 Å². The summed E-state index contributed by atoms with van der Waals surface area (Å²) in [7, 11) is 0. The van der Waals surface area contributed by atoms with Crippen molar-refractivity contribution >= 4 is 40.6 Å². The van der Waals surface area contributed by atoms with Crippen LogP contribution in [0.4, 0.5) is 21.5 Å². The zero-order valence-corrected chi connectivity index (χ0v) is 21.9. The predicted octanol–water partition coefficient (Wildman–Crippen LogP) is 5.59. The lowest BCUT2D eigenvalue weighted by atomic mass is 9.64. The number of non-ortho nitro benzene ring substituents is 1. The molecule has 0 aromatic heterocycles. The fourth-order valence-electron chi connectivity index (χ4n) is 6.86. The molecule has 4 aromatic rings. The number of carbonyl (C=O) groups excluding carboxylic acids is 3. The molecule has 0 bridgehead atoms. The Labute approximate surface area is 239 Å². The molecule has 1 fully saturated rings. The summed E-state index contributed by atoms with van der Waals surface area (Å²) in [5, 5.41) is 14.5. The molecule has 8 nitrogen and oxygen atoms in total. The van der Waals surface area contributed by atoms with Crippen molar-refractivity contribution in [2.24, 2.45) is 5.92 Å². The van der Waals surface area contributed by atoms with Crippen LogP contribution in [0, 0.1) is 21.8 Å². The molecule has 7 rings (SSSR count). The Balaban J connectivity index is 1.53. The van der Waals surface area contributed by atoms with Crippen LogP contribution in [-0.2, 0) is 10.2 Å². The van der Waals surface area contributed by atoms with Gasteiger partial charge in [0.25, 0.3) is 5.69 Å². The Kier molecular flexibility index (Phi) is 5.65. The van der Waals surface area contributed by atoms with Crippen molar-refractivity contribution < 1.29 is 23.7 Å². The van der Waals surface area contributed by atoms with Gasteiger partial charge in [0, 0.05) is 34.6 Å². The van der Waals surface area contributed by atoms with Crippen LogP contribution in [0.3, 0.4) is 0 Å². The minimum Gasteiger partial charge on any atom is -0.352 e. The van der Waals surface area contributed by atoms with Crippen LogP contribution < -0.4 is 10.2 Å². The summed E-state index contributed by atoms with van der Waals surface area (Å²) in [6.07, 6.45) is 3.72. The molecular weight excluding hydrogens is 537 g/mol. The number of para-hydroxylation sites is 2. The highest BCUT2D eigenvalue weighted by Gasteiger charge is 2.70. The zero-order chi connectivity index (χ0) is 29.2. The van der Waals surface area contributed by atoms with Gasteiger partial charge in [0.15, 0.2) is 11.6 Å². The fraction of sp³-hybridized carbons (Fsp3) is 0.121. The highest BCUT2D eigenvalue weighted by Crippen LogP contribution is 2.58. The number of nitro groups is 1. The van der Waals surface area contributed by atoms with Gasteiger partial charge in [-0.1, -0.05) is 60.7 Å². The summed E-state index contributed by atoms with van der Waals surface area (Å²) in [5.41, 5.74) is 0.940. The van der Waals surface area contributed by atoms with Gasteiger partial charge in [-0.3, -0.25) is 24.5 Å². The highest BCUT2D eigenvalue weighted by molar-refractivity contribution is 6.18. The maximum Gasteiger partial charge on any atom is 0.270 e. The molecule has 0 radical (unpaired) electrons. The Bertz CT molecular complexity index is 1850. The SMILES string of the molecule is O=C(c1ccc(F)cc1)[C@@H]1[C@H](C(=O)c2cccc([N+](=O)[O-])c2)N2c3ccccc3C=C[C@@H]2[C@@]12C(=O)Nc1ccccc12. The molecule has 206 valence electrons. The quantitative estimate of drug-likeness (QED) is 0.194. The number of fused-ring (bicyclic) bond motifs is 6. The van der Waals surface area contributed by atoms with Crippen LogP contribution in [0.25, 0.3) is 6.08 Å². The Morgan fingerprint density at radius 1 is 0.881 bits per heavy atom. The van der Waals surface area contributed by atoms with Gasteiger partial charge in [-0.2, -0.15) is 0 Å². The van der Waals surface area contributed by atoms with E-state index in [0.717, 1.165) is 17.7 Å². The number of ketones is 2. The first-order valence-electron chi connectivity index (χ1n) is 13.4. The predicted molar refractivity (Wildman–Crippen MR) is 154 cm³/mol. The average Bonchev–Trinajstić information content (AvgIpc) is 3.49. The first-order chi connectivity index (χ1) is 20.3. The standard InChI is InChI=1S/C33H22FN3O5/c34-22-15-12-20(13-16-22)30(38)28-29(31(39)21-7-5-8-23(18-21)37(41)42)36-26-11-4-1-6-19(26)14-17-27(36)33(28)24-9-2-3-10-25(24)35-32(33)40/h1-18,27-29H,(H,35,40)/t27-,28+,29-,33-/m1/s1. The van der Waals surface area contributed by atoms with Crippen molar-refractivity contribution in [3.8, 4) is 0 Å². The summed E-state index contributed by atoms with van der Waals surface area (Å²) in [6.45, 7) is 0. The minimum atomic E-state index is -1.53. The number of hydrogen-bond donors (Lipinski definition) is 1. The van der Waals surface area contributed by atoms with E-state index in [1.807, 2.05) is 41.3 Å². The molecule has 0 unspecified atom stereocenters. The van der Waals surface area contributed by atoms with E-state index < -0.39 is 51.6 Å². The number of rotatable bonds is 5. The maximum absolute atomic E-state index is 14.6. The van der Waals surface area contributed by atoms with Crippen LogP contribution in [0.1, 0.15) is 31.8 Å². The van der Waals surface area contributed by atoms with Gasteiger partial charge in [-0.15, -0.1) is 0 Å². The van der Waals surface area contributed by atoms with Crippen molar-refractivity contribution in [2.45, 2.75) is 17.5 Å². The Morgan fingerprint density at radius 3 is 2.40 bits per heavy atom. The van der Waals surface area contributed by atoms with Gasteiger partial charge in [0.05, 0.1) is 16.9 Å². The normalized spacial score (nSPS) is 23.2. The third-order valence-electron chi connectivity index (χ3n) is 8.56. The molecule has 1 saturated heterocycles. The maximum atomic E-state index is 14.6. The van der Waals surface area contributed by atoms with E-state index in [9.17, 15) is 28.9 Å². The molecule has 1 N–H and O–H groups in total. The van der Waals surface area contributed by atoms with Gasteiger partial charge in [-0.25, -0.2) is 4.39 Å². The summed E-state index contributed by atoms with van der Waals surface area (Å²) >= 11 is 0. The summed E-state index contributed by atoms with van der Waals surface area (Å²) in [4.78, 5) is 56.4. The number of nitro benzene ring substituents is 1. The van der Waals surface area contributed by atoms with E-state index in [1.54, 1.807) is 24.3 Å². The van der Waals surface area contributed by atoms with Crippen LogP contribution in [0.2, 0.25) is 0 Å². The van der Waals surface area contributed by atoms with Gasteiger partial charge in [-0.05, 0) is 47.5 Å². The molecule has 3 aliphatic rings. The van der Waals surface area contributed by atoms with Crippen molar-refractivity contribution in [1.82, 2.24) is 0 Å². The van der Waals surface area contributed by atoms with E-state index in [0.29, 0.717) is 16.9 Å². The molecule has 1 spiro atoms. The lowest BCUT2D eigenvalue weighted by molar-refractivity contribution is -0.384. The van der Waals surface area contributed by atoms with Crippen molar-refractivity contribution in [1.29, 1.82) is 0 Å². The van der Waals surface area contributed by atoms with Crippen molar-refractivity contribution in [3.63, 3.8) is 0 Å². The first-order valence-corrected chi connectivity index (χ1v) is 13.4.